The number of carboxylic acid groups (broad SMARTS) is 1. The Kier molecular flexibility index (Phi) is 4.02. The van der Waals surface area contributed by atoms with Gasteiger partial charge in [0, 0.05) is 24.0 Å². The molecule has 1 unspecified atom stereocenters. The molecule has 1 aliphatic heterocycles. The summed E-state index contributed by atoms with van der Waals surface area (Å²) in [5.74, 6) is -0.398. The molecule has 1 heterocycles. The van der Waals surface area contributed by atoms with Gasteiger partial charge in [0.05, 0.1) is 6.61 Å². The van der Waals surface area contributed by atoms with Crippen molar-refractivity contribution in [2.24, 2.45) is 0 Å². The zero-order chi connectivity index (χ0) is 12.3. The van der Waals surface area contributed by atoms with Crippen LogP contribution in [0.25, 0.3) is 0 Å². The van der Waals surface area contributed by atoms with Crippen molar-refractivity contribution in [2.75, 3.05) is 13.2 Å². The third kappa shape index (κ3) is 3.20. The average Bonchev–Trinajstić information content (AvgIpc) is 2.79. The molecular formula is C13H15ClO3. The summed E-state index contributed by atoms with van der Waals surface area (Å²) in [7, 11) is 0. The Bertz CT molecular complexity index is 411. The molecule has 2 rings (SSSR count). The molecule has 17 heavy (non-hydrogen) atoms. The number of hydrogen-bond donors (Lipinski definition) is 1. The number of carbonyl (C=O) groups is 1. The molecule has 0 saturated carbocycles. The number of aliphatic carboxylic acids is 1. The lowest BCUT2D eigenvalue weighted by atomic mass is 9.96. The zero-order valence-corrected chi connectivity index (χ0v) is 10.2. The van der Waals surface area contributed by atoms with Crippen LogP contribution < -0.4 is 0 Å². The Labute approximate surface area is 105 Å². The molecule has 4 heteroatoms. The van der Waals surface area contributed by atoms with Crippen molar-refractivity contribution in [3.05, 3.63) is 34.3 Å². The molecule has 0 bridgehead atoms. The van der Waals surface area contributed by atoms with Crippen molar-refractivity contribution in [3.8, 4) is 0 Å². The minimum absolute atomic E-state index is 0.141. The third-order valence-corrected chi connectivity index (χ3v) is 3.39. The maximum atomic E-state index is 10.5. The fraction of sp³-hybridized carbons (Fsp3) is 0.462. The first kappa shape index (κ1) is 12.4. The van der Waals surface area contributed by atoms with Crippen LogP contribution in [0.15, 0.2) is 18.2 Å². The van der Waals surface area contributed by atoms with Crippen molar-refractivity contribution in [1.29, 1.82) is 0 Å². The van der Waals surface area contributed by atoms with Gasteiger partial charge in [-0.15, -0.1) is 0 Å². The first-order valence-electron chi connectivity index (χ1n) is 5.74. The molecule has 0 amide bonds. The molecule has 1 N–H and O–H groups in total. The smallest absolute Gasteiger partial charge is 0.303 e. The Morgan fingerprint density at radius 2 is 2.35 bits per heavy atom. The van der Waals surface area contributed by atoms with E-state index in [1.807, 2.05) is 18.2 Å². The van der Waals surface area contributed by atoms with Crippen LogP contribution in [0.5, 0.6) is 0 Å². The number of ether oxygens (including phenoxy) is 1. The summed E-state index contributed by atoms with van der Waals surface area (Å²) in [6, 6.07) is 5.83. The van der Waals surface area contributed by atoms with Crippen LogP contribution in [-0.2, 0) is 16.0 Å². The van der Waals surface area contributed by atoms with E-state index in [4.69, 9.17) is 21.4 Å². The molecular weight excluding hydrogens is 240 g/mol. The van der Waals surface area contributed by atoms with E-state index in [1.54, 1.807) is 0 Å². The quantitative estimate of drug-likeness (QED) is 0.899. The minimum atomic E-state index is -0.783. The van der Waals surface area contributed by atoms with Crippen LogP contribution in [0, 0.1) is 0 Å². The molecule has 1 aliphatic rings. The lowest BCUT2D eigenvalue weighted by Gasteiger charge is -2.11. The first-order chi connectivity index (χ1) is 8.16. The maximum absolute atomic E-state index is 10.5. The van der Waals surface area contributed by atoms with E-state index in [9.17, 15) is 4.79 Å². The molecule has 0 radical (unpaired) electrons. The van der Waals surface area contributed by atoms with Crippen molar-refractivity contribution >= 4 is 17.6 Å². The molecule has 0 aliphatic carbocycles. The zero-order valence-electron chi connectivity index (χ0n) is 9.49. The average molecular weight is 255 g/mol. The summed E-state index contributed by atoms with van der Waals surface area (Å²) in [5.41, 5.74) is 2.09. The van der Waals surface area contributed by atoms with Crippen molar-refractivity contribution in [1.82, 2.24) is 0 Å². The van der Waals surface area contributed by atoms with Gasteiger partial charge in [0.25, 0.3) is 0 Å². The highest BCUT2D eigenvalue weighted by atomic mass is 35.5. The number of aryl methyl sites for hydroxylation is 1. The fourth-order valence-electron chi connectivity index (χ4n) is 2.09. The Balaban J connectivity index is 2.08. The summed E-state index contributed by atoms with van der Waals surface area (Å²) >= 11 is 6.22. The van der Waals surface area contributed by atoms with Gasteiger partial charge in [-0.1, -0.05) is 23.7 Å². The second kappa shape index (κ2) is 5.52. The molecule has 1 atom stereocenters. The summed E-state index contributed by atoms with van der Waals surface area (Å²) in [4.78, 5) is 10.5. The summed E-state index contributed by atoms with van der Waals surface area (Å²) in [6.07, 6.45) is 1.67. The second-order valence-electron chi connectivity index (χ2n) is 4.31. The van der Waals surface area contributed by atoms with Crippen LogP contribution in [-0.4, -0.2) is 24.3 Å². The highest BCUT2D eigenvalue weighted by Gasteiger charge is 2.20. The van der Waals surface area contributed by atoms with Crippen molar-refractivity contribution in [3.63, 3.8) is 0 Å². The van der Waals surface area contributed by atoms with E-state index in [0.29, 0.717) is 12.3 Å². The molecule has 1 fully saturated rings. The van der Waals surface area contributed by atoms with Gasteiger partial charge in [-0.05, 0) is 30.0 Å². The van der Waals surface area contributed by atoms with Gasteiger partial charge in [0.1, 0.15) is 0 Å². The first-order valence-corrected chi connectivity index (χ1v) is 6.12. The number of halogens is 1. The third-order valence-electron chi connectivity index (χ3n) is 3.06. The van der Waals surface area contributed by atoms with E-state index in [-0.39, 0.29) is 6.42 Å². The largest absolute Gasteiger partial charge is 0.481 e. The van der Waals surface area contributed by atoms with Crippen molar-refractivity contribution in [2.45, 2.75) is 25.2 Å². The maximum Gasteiger partial charge on any atom is 0.303 e. The predicted octanol–water partition coefficient (Wildman–Crippen LogP) is 2.86. The Morgan fingerprint density at radius 1 is 1.53 bits per heavy atom. The van der Waals surface area contributed by atoms with E-state index < -0.39 is 5.97 Å². The van der Waals surface area contributed by atoms with Gasteiger partial charge in [0.15, 0.2) is 0 Å². The Hall–Kier alpha value is -1.06. The van der Waals surface area contributed by atoms with E-state index in [2.05, 4.69) is 0 Å². The second-order valence-corrected chi connectivity index (χ2v) is 4.72. The molecule has 1 aromatic rings. The van der Waals surface area contributed by atoms with E-state index in [0.717, 1.165) is 35.8 Å². The SMILES string of the molecule is O=C(O)CCc1ccc(C2CCOC2)c(Cl)c1. The van der Waals surface area contributed by atoms with Crippen LogP contribution in [0.2, 0.25) is 5.02 Å². The number of rotatable bonds is 4. The normalized spacial score (nSPS) is 19.5. The van der Waals surface area contributed by atoms with Crippen LogP contribution in [0.1, 0.15) is 29.9 Å². The topological polar surface area (TPSA) is 46.5 Å². The van der Waals surface area contributed by atoms with Gasteiger partial charge in [0.2, 0.25) is 0 Å². The van der Waals surface area contributed by atoms with Gasteiger partial charge in [-0.25, -0.2) is 0 Å². The minimum Gasteiger partial charge on any atom is -0.481 e. The van der Waals surface area contributed by atoms with Crippen LogP contribution in [0.3, 0.4) is 0 Å². The van der Waals surface area contributed by atoms with E-state index >= 15 is 0 Å². The monoisotopic (exact) mass is 254 g/mol. The van der Waals surface area contributed by atoms with E-state index in [1.165, 1.54) is 0 Å². The summed E-state index contributed by atoms with van der Waals surface area (Å²) < 4.78 is 5.34. The summed E-state index contributed by atoms with van der Waals surface area (Å²) in [5, 5.41) is 9.35. The Morgan fingerprint density at radius 3 is 2.94 bits per heavy atom. The fourth-order valence-corrected chi connectivity index (χ4v) is 2.45. The molecule has 92 valence electrons. The summed E-state index contributed by atoms with van der Waals surface area (Å²) in [6.45, 7) is 1.52. The van der Waals surface area contributed by atoms with Crippen LogP contribution in [0.4, 0.5) is 0 Å². The standard InChI is InChI=1S/C13H15ClO3/c14-12-7-9(2-4-13(15)16)1-3-11(12)10-5-6-17-8-10/h1,3,7,10H,2,4-6,8H2,(H,15,16). The van der Waals surface area contributed by atoms with Gasteiger partial charge < -0.3 is 9.84 Å². The van der Waals surface area contributed by atoms with Gasteiger partial charge in [-0.3, -0.25) is 4.79 Å². The molecule has 3 nitrogen and oxygen atoms in total. The highest BCUT2D eigenvalue weighted by Crippen LogP contribution is 2.31. The number of carboxylic acids is 1. The lowest BCUT2D eigenvalue weighted by molar-refractivity contribution is -0.136. The number of hydrogen-bond acceptors (Lipinski definition) is 2. The van der Waals surface area contributed by atoms with Gasteiger partial charge >= 0.3 is 5.97 Å². The molecule has 0 spiro atoms. The number of benzene rings is 1. The lowest BCUT2D eigenvalue weighted by Crippen LogP contribution is -2.01. The molecule has 1 aromatic carbocycles. The molecule has 1 saturated heterocycles. The van der Waals surface area contributed by atoms with Gasteiger partial charge in [-0.2, -0.15) is 0 Å². The van der Waals surface area contributed by atoms with Crippen molar-refractivity contribution < 1.29 is 14.6 Å². The highest BCUT2D eigenvalue weighted by molar-refractivity contribution is 6.31. The predicted molar refractivity (Wildman–Crippen MR) is 65.6 cm³/mol. The molecule has 0 aromatic heterocycles. The van der Waals surface area contributed by atoms with Crippen LogP contribution >= 0.6 is 11.6 Å².